The molecule has 0 radical (unpaired) electrons. The van der Waals surface area contributed by atoms with Gasteiger partial charge in [0.25, 0.3) is 0 Å². The Bertz CT molecular complexity index is 786. The summed E-state index contributed by atoms with van der Waals surface area (Å²) in [6, 6.07) is 9.25. The maximum Gasteiger partial charge on any atom is 0.333 e. The lowest BCUT2D eigenvalue weighted by molar-refractivity contribution is -0.155. The van der Waals surface area contributed by atoms with Gasteiger partial charge in [0.2, 0.25) is 0 Å². The third kappa shape index (κ3) is 6.94. The first-order chi connectivity index (χ1) is 15.4. The van der Waals surface area contributed by atoms with E-state index in [2.05, 4.69) is 6.58 Å². The number of carbonyl (C=O) groups excluding carboxylic acids is 3. The summed E-state index contributed by atoms with van der Waals surface area (Å²) in [5.41, 5.74) is 0.330. The lowest BCUT2D eigenvalue weighted by atomic mass is 9.69. The van der Waals surface area contributed by atoms with Gasteiger partial charge in [0.15, 0.2) is 0 Å². The summed E-state index contributed by atoms with van der Waals surface area (Å²) in [7, 11) is 0. The van der Waals surface area contributed by atoms with Crippen LogP contribution in [0.25, 0.3) is 0 Å². The minimum Gasteiger partial charge on any atom is -0.462 e. The fraction of sp³-hybridized carbons (Fsp3) is 0.577. The Balaban J connectivity index is 1.32. The van der Waals surface area contributed by atoms with E-state index in [0.717, 1.165) is 51.4 Å². The van der Waals surface area contributed by atoms with Crippen LogP contribution in [0.2, 0.25) is 0 Å². The molecule has 0 saturated heterocycles. The van der Waals surface area contributed by atoms with Crippen LogP contribution in [0.4, 0.5) is 0 Å². The monoisotopic (exact) mass is 442 g/mol. The van der Waals surface area contributed by atoms with E-state index in [-0.39, 0.29) is 37.0 Å². The van der Waals surface area contributed by atoms with Gasteiger partial charge in [-0.3, -0.25) is 9.59 Å². The fourth-order valence-electron chi connectivity index (χ4n) is 4.86. The van der Waals surface area contributed by atoms with E-state index in [4.69, 9.17) is 14.2 Å². The number of para-hydroxylation sites is 1. The first-order valence-electron chi connectivity index (χ1n) is 11.7. The van der Waals surface area contributed by atoms with Crippen LogP contribution in [0.1, 0.15) is 58.3 Å². The van der Waals surface area contributed by atoms with E-state index in [1.54, 1.807) is 6.92 Å². The van der Waals surface area contributed by atoms with Crippen molar-refractivity contribution in [2.24, 2.45) is 23.7 Å². The van der Waals surface area contributed by atoms with Crippen molar-refractivity contribution < 1.29 is 28.6 Å². The Hall–Kier alpha value is -2.63. The summed E-state index contributed by atoms with van der Waals surface area (Å²) >= 11 is 0. The van der Waals surface area contributed by atoms with Gasteiger partial charge in [0.05, 0.1) is 11.8 Å². The third-order valence-corrected chi connectivity index (χ3v) is 6.75. The molecule has 2 fully saturated rings. The van der Waals surface area contributed by atoms with Crippen LogP contribution in [0.5, 0.6) is 5.75 Å². The van der Waals surface area contributed by atoms with Crippen LogP contribution in [0.3, 0.4) is 0 Å². The molecule has 6 nitrogen and oxygen atoms in total. The topological polar surface area (TPSA) is 78.9 Å². The lowest BCUT2D eigenvalue weighted by Crippen LogP contribution is -2.31. The fourth-order valence-corrected chi connectivity index (χ4v) is 4.86. The second-order valence-corrected chi connectivity index (χ2v) is 9.04. The van der Waals surface area contributed by atoms with Crippen LogP contribution in [0, 0.1) is 23.7 Å². The van der Waals surface area contributed by atoms with E-state index in [1.165, 1.54) is 0 Å². The molecule has 2 aliphatic rings. The third-order valence-electron chi connectivity index (χ3n) is 6.75. The molecule has 6 heteroatoms. The highest BCUT2D eigenvalue weighted by Crippen LogP contribution is 2.41. The van der Waals surface area contributed by atoms with Crippen molar-refractivity contribution in [3.8, 4) is 5.75 Å². The van der Waals surface area contributed by atoms with Crippen LogP contribution in [-0.2, 0) is 23.9 Å². The zero-order valence-corrected chi connectivity index (χ0v) is 18.9. The largest absolute Gasteiger partial charge is 0.462 e. The zero-order valence-electron chi connectivity index (χ0n) is 18.9. The minimum atomic E-state index is -0.468. The Morgan fingerprint density at radius 2 is 1.28 bits per heavy atom. The van der Waals surface area contributed by atoms with Crippen LogP contribution in [-0.4, -0.2) is 31.1 Å². The highest BCUT2D eigenvalue weighted by molar-refractivity contribution is 5.86. The molecule has 1 aromatic carbocycles. The molecule has 2 saturated carbocycles. The molecule has 174 valence electrons. The number of hydrogen-bond donors (Lipinski definition) is 0. The number of hydrogen-bond acceptors (Lipinski definition) is 6. The smallest absolute Gasteiger partial charge is 0.333 e. The lowest BCUT2D eigenvalue weighted by Gasteiger charge is -2.36. The van der Waals surface area contributed by atoms with E-state index in [0.29, 0.717) is 23.2 Å². The predicted molar refractivity (Wildman–Crippen MR) is 120 cm³/mol. The molecule has 1 aromatic rings. The van der Waals surface area contributed by atoms with E-state index in [9.17, 15) is 14.4 Å². The van der Waals surface area contributed by atoms with Gasteiger partial charge in [0, 0.05) is 5.57 Å². The molecule has 0 aliphatic heterocycles. The molecule has 3 rings (SSSR count). The van der Waals surface area contributed by atoms with Crippen molar-refractivity contribution >= 4 is 17.9 Å². The Morgan fingerprint density at radius 1 is 0.781 bits per heavy atom. The summed E-state index contributed by atoms with van der Waals surface area (Å²) in [4.78, 5) is 36.1. The van der Waals surface area contributed by atoms with Crippen LogP contribution >= 0.6 is 0 Å². The number of rotatable bonds is 8. The minimum absolute atomic E-state index is 0.0169. The summed E-state index contributed by atoms with van der Waals surface area (Å²) in [6.45, 7) is 5.23. The van der Waals surface area contributed by atoms with Crippen LogP contribution < -0.4 is 4.74 Å². The van der Waals surface area contributed by atoms with Crippen molar-refractivity contribution in [3.05, 3.63) is 42.5 Å². The molecule has 0 aromatic heterocycles. The standard InChI is InChI=1S/C26H34O6/c1-18(2)24(27)30-16-17-31-25(28)21-12-8-19(9-13-21)20-10-14-22(15-11-20)26(29)32-23-6-4-3-5-7-23/h3-7,19-22H,1,8-17H2,2H3. The van der Waals surface area contributed by atoms with E-state index in [1.807, 2.05) is 30.3 Å². The van der Waals surface area contributed by atoms with Gasteiger partial charge in [0.1, 0.15) is 19.0 Å². The van der Waals surface area contributed by atoms with Crippen molar-refractivity contribution in [2.75, 3.05) is 13.2 Å². The highest BCUT2D eigenvalue weighted by Gasteiger charge is 2.35. The van der Waals surface area contributed by atoms with Crippen molar-refractivity contribution in [3.63, 3.8) is 0 Å². The molecule has 0 atom stereocenters. The van der Waals surface area contributed by atoms with Crippen LogP contribution in [0.15, 0.2) is 42.5 Å². The van der Waals surface area contributed by atoms with E-state index >= 15 is 0 Å². The van der Waals surface area contributed by atoms with Crippen molar-refractivity contribution in [2.45, 2.75) is 58.3 Å². The average Bonchev–Trinajstić information content (AvgIpc) is 2.82. The quantitative estimate of drug-likeness (QED) is 0.247. The molecular weight excluding hydrogens is 408 g/mol. The van der Waals surface area contributed by atoms with Gasteiger partial charge in [-0.15, -0.1) is 0 Å². The first kappa shape index (κ1) is 24.0. The molecule has 32 heavy (non-hydrogen) atoms. The average molecular weight is 443 g/mol. The molecular formula is C26H34O6. The van der Waals surface area contributed by atoms with Crippen molar-refractivity contribution in [1.29, 1.82) is 0 Å². The second-order valence-electron chi connectivity index (χ2n) is 9.04. The number of esters is 3. The first-order valence-corrected chi connectivity index (χ1v) is 11.7. The Morgan fingerprint density at radius 3 is 1.81 bits per heavy atom. The number of carbonyl (C=O) groups is 3. The maximum atomic E-state index is 12.4. The number of ether oxygens (including phenoxy) is 3. The molecule has 0 amide bonds. The SMILES string of the molecule is C=C(C)C(=O)OCCOC(=O)C1CCC(C2CCC(C(=O)Oc3ccccc3)CC2)CC1. The molecule has 0 N–H and O–H groups in total. The Labute approximate surface area is 190 Å². The number of benzene rings is 1. The second kappa shape index (κ2) is 11.8. The Kier molecular flexibility index (Phi) is 8.89. The maximum absolute atomic E-state index is 12.4. The zero-order chi connectivity index (χ0) is 22.9. The normalized spacial score (nSPS) is 25.4. The van der Waals surface area contributed by atoms with Gasteiger partial charge in [-0.2, -0.15) is 0 Å². The molecule has 0 spiro atoms. The van der Waals surface area contributed by atoms with E-state index < -0.39 is 5.97 Å². The van der Waals surface area contributed by atoms with Gasteiger partial charge in [-0.25, -0.2) is 4.79 Å². The summed E-state index contributed by atoms with van der Waals surface area (Å²) in [5, 5.41) is 0. The molecule has 0 heterocycles. The van der Waals surface area contributed by atoms with Crippen molar-refractivity contribution in [1.82, 2.24) is 0 Å². The van der Waals surface area contributed by atoms with Gasteiger partial charge in [-0.1, -0.05) is 24.8 Å². The molecule has 0 unspecified atom stereocenters. The summed E-state index contributed by atoms with van der Waals surface area (Å²) < 4.78 is 15.7. The van der Waals surface area contributed by atoms with Gasteiger partial charge in [-0.05, 0) is 82.3 Å². The van der Waals surface area contributed by atoms with Gasteiger partial charge < -0.3 is 14.2 Å². The molecule has 0 bridgehead atoms. The molecule has 2 aliphatic carbocycles. The predicted octanol–water partition coefficient (Wildman–Crippen LogP) is 4.87. The highest BCUT2D eigenvalue weighted by atomic mass is 16.6. The summed E-state index contributed by atoms with van der Waals surface area (Å²) in [5.74, 6) is 0.980. The summed E-state index contributed by atoms with van der Waals surface area (Å²) in [6.07, 6.45) is 7.56. The van der Waals surface area contributed by atoms with Gasteiger partial charge >= 0.3 is 17.9 Å².